The molecular formula is C21H13ClF2N2. The van der Waals surface area contributed by atoms with Crippen molar-refractivity contribution in [2.24, 2.45) is 0 Å². The van der Waals surface area contributed by atoms with Gasteiger partial charge in [-0.3, -0.25) is 4.98 Å². The lowest BCUT2D eigenvalue weighted by molar-refractivity contribution is 0.585. The maximum absolute atomic E-state index is 14.4. The summed E-state index contributed by atoms with van der Waals surface area (Å²) >= 11 is 6.22. The first-order valence-electron chi connectivity index (χ1n) is 8.01. The predicted octanol–water partition coefficient (Wildman–Crippen LogP) is 6.20. The SMILES string of the molecule is Cc1ccccc1-c1nccc2c(-c3ccc(F)cc3F)cc(Cl)nc12. The summed E-state index contributed by atoms with van der Waals surface area (Å²) in [6, 6.07) is 14.7. The standard InChI is InChI=1S/C21H13ClF2N2/c1-12-4-2-3-5-14(12)20-21-16(8-9-25-20)17(11-19(22)26-21)15-7-6-13(23)10-18(15)24/h2-11H,1H3. The maximum Gasteiger partial charge on any atom is 0.133 e. The molecule has 0 bridgehead atoms. The topological polar surface area (TPSA) is 25.8 Å². The summed E-state index contributed by atoms with van der Waals surface area (Å²) in [4.78, 5) is 8.91. The van der Waals surface area contributed by atoms with Gasteiger partial charge in [-0.05, 0) is 42.3 Å². The molecule has 0 saturated heterocycles. The molecule has 0 spiro atoms. The van der Waals surface area contributed by atoms with Crippen LogP contribution in [0.4, 0.5) is 8.78 Å². The molecule has 0 atom stereocenters. The van der Waals surface area contributed by atoms with Gasteiger partial charge < -0.3 is 0 Å². The Hall–Kier alpha value is -2.85. The summed E-state index contributed by atoms with van der Waals surface area (Å²) in [7, 11) is 0. The van der Waals surface area contributed by atoms with Crippen LogP contribution in [-0.2, 0) is 0 Å². The third-order valence-corrected chi connectivity index (χ3v) is 4.51. The first kappa shape index (κ1) is 16.6. The first-order chi connectivity index (χ1) is 12.5. The van der Waals surface area contributed by atoms with Crippen molar-refractivity contribution in [1.82, 2.24) is 9.97 Å². The second-order valence-electron chi connectivity index (χ2n) is 5.99. The van der Waals surface area contributed by atoms with Crippen molar-refractivity contribution >= 4 is 22.5 Å². The lowest BCUT2D eigenvalue weighted by atomic mass is 9.98. The van der Waals surface area contributed by atoms with E-state index in [9.17, 15) is 8.78 Å². The Morgan fingerprint density at radius 3 is 2.46 bits per heavy atom. The fourth-order valence-electron chi connectivity index (χ4n) is 3.09. The Morgan fingerprint density at radius 1 is 0.885 bits per heavy atom. The van der Waals surface area contributed by atoms with Crippen LogP contribution in [0.15, 0.2) is 60.8 Å². The number of benzene rings is 2. The molecule has 4 rings (SSSR count). The highest BCUT2D eigenvalue weighted by molar-refractivity contribution is 6.30. The lowest BCUT2D eigenvalue weighted by Crippen LogP contribution is -1.95. The Morgan fingerprint density at radius 2 is 1.69 bits per heavy atom. The van der Waals surface area contributed by atoms with E-state index in [-0.39, 0.29) is 10.7 Å². The number of rotatable bonds is 2. The van der Waals surface area contributed by atoms with Gasteiger partial charge in [0.25, 0.3) is 0 Å². The summed E-state index contributed by atoms with van der Waals surface area (Å²) < 4.78 is 27.7. The summed E-state index contributed by atoms with van der Waals surface area (Å²) in [6.45, 7) is 1.99. The largest absolute Gasteiger partial charge is 0.254 e. The third kappa shape index (κ3) is 2.82. The van der Waals surface area contributed by atoms with E-state index in [1.807, 2.05) is 31.2 Å². The van der Waals surface area contributed by atoms with Gasteiger partial charge >= 0.3 is 0 Å². The first-order valence-corrected chi connectivity index (χ1v) is 8.39. The molecule has 2 aromatic carbocycles. The van der Waals surface area contributed by atoms with Crippen LogP contribution in [0.5, 0.6) is 0 Å². The molecule has 0 aliphatic heterocycles. The lowest BCUT2D eigenvalue weighted by Gasteiger charge is -2.12. The van der Waals surface area contributed by atoms with Gasteiger partial charge in [0.05, 0.1) is 11.2 Å². The number of hydrogen-bond donors (Lipinski definition) is 0. The zero-order valence-electron chi connectivity index (χ0n) is 13.8. The van der Waals surface area contributed by atoms with Crippen LogP contribution in [0.3, 0.4) is 0 Å². The van der Waals surface area contributed by atoms with Crippen molar-refractivity contribution in [3.05, 3.63) is 83.1 Å². The Bertz CT molecular complexity index is 1140. The van der Waals surface area contributed by atoms with Crippen LogP contribution < -0.4 is 0 Å². The van der Waals surface area contributed by atoms with Gasteiger partial charge in [-0.25, -0.2) is 13.8 Å². The molecule has 0 N–H and O–H groups in total. The second kappa shape index (κ2) is 6.46. The zero-order valence-corrected chi connectivity index (χ0v) is 14.6. The molecule has 5 heteroatoms. The summed E-state index contributed by atoms with van der Waals surface area (Å²) in [5.74, 6) is -1.28. The van der Waals surface area contributed by atoms with Crippen molar-refractivity contribution in [3.8, 4) is 22.4 Å². The Labute approximate surface area is 154 Å². The summed E-state index contributed by atoms with van der Waals surface area (Å²) in [6.07, 6.45) is 1.66. The quantitative estimate of drug-likeness (QED) is 0.394. The average molecular weight is 367 g/mol. The number of aryl methyl sites for hydroxylation is 1. The van der Waals surface area contributed by atoms with E-state index in [4.69, 9.17) is 11.6 Å². The minimum Gasteiger partial charge on any atom is -0.254 e. The van der Waals surface area contributed by atoms with E-state index in [1.54, 1.807) is 18.3 Å². The van der Waals surface area contributed by atoms with E-state index in [2.05, 4.69) is 9.97 Å². The molecular weight excluding hydrogens is 354 g/mol. The van der Waals surface area contributed by atoms with E-state index in [1.165, 1.54) is 12.1 Å². The van der Waals surface area contributed by atoms with Crippen molar-refractivity contribution in [3.63, 3.8) is 0 Å². The highest BCUT2D eigenvalue weighted by Gasteiger charge is 2.16. The second-order valence-corrected chi connectivity index (χ2v) is 6.37. The van der Waals surface area contributed by atoms with Crippen molar-refractivity contribution in [1.29, 1.82) is 0 Å². The van der Waals surface area contributed by atoms with Gasteiger partial charge in [-0.15, -0.1) is 0 Å². The van der Waals surface area contributed by atoms with Gasteiger partial charge in [-0.2, -0.15) is 0 Å². The number of fused-ring (bicyclic) bond motifs is 1. The Kier molecular flexibility index (Phi) is 4.13. The number of halogens is 3. The van der Waals surface area contributed by atoms with Crippen molar-refractivity contribution in [2.45, 2.75) is 6.92 Å². The average Bonchev–Trinajstić information content (AvgIpc) is 2.61. The molecule has 0 unspecified atom stereocenters. The molecule has 0 aliphatic carbocycles. The van der Waals surface area contributed by atoms with E-state index < -0.39 is 11.6 Å². The third-order valence-electron chi connectivity index (χ3n) is 4.32. The van der Waals surface area contributed by atoms with Gasteiger partial charge in [-0.1, -0.05) is 35.9 Å². The highest BCUT2D eigenvalue weighted by Crippen LogP contribution is 2.36. The van der Waals surface area contributed by atoms with Gasteiger partial charge in [0.1, 0.15) is 16.8 Å². The van der Waals surface area contributed by atoms with Crippen LogP contribution in [0.2, 0.25) is 5.15 Å². The minimum atomic E-state index is -0.650. The van der Waals surface area contributed by atoms with Gasteiger partial charge in [0, 0.05) is 28.8 Å². The van der Waals surface area contributed by atoms with E-state index >= 15 is 0 Å². The highest BCUT2D eigenvalue weighted by atomic mass is 35.5. The molecule has 0 radical (unpaired) electrons. The normalized spacial score (nSPS) is 11.1. The van der Waals surface area contributed by atoms with Crippen LogP contribution in [0.25, 0.3) is 33.3 Å². The predicted molar refractivity (Wildman–Crippen MR) is 100 cm³/mol. The fraction of sp³-hybridized carbons (Fsp3) is 0.0476. The van der Waals surface area contributed by atoms with Gasteiger partial charge in [0.15, 0.2) is 0 Å². The molecule has 128 valence electrons. The molecule has 0 amide bonds. The number of hydrogen-bond acceptors (Lipinski definition) is 2. The van der Waals surface area contributed by atoms with Crippen molar-refractivity contribution < 1.29 is 8.78 Å². The maximum atomic E-state index is 14.4. The summed E-state index contributed by atoms with van der Waals surface area (Å²) in [5.41, 5.74) is 4.04. The smallest absolute Gasteiger partial charge is 0.133 e. The fourth-order valence-corrected chi connectivity index (χ4v) is 3.28. The van der Waals surface area contributed by atoms with Crippen LogP contribution in [0, 0.1) is 18.6 Å². The molecule has 26 heavy (non-hydrogen) atoms. The molecule has 0 saturated carbocycles. The molecule has 2 aromatic heterocycles. The molecule has 4 aromatic rings. The molecule has 0 fully saturated rings. The number of aromatic nitrogens is 2. The van der Waals surface area contributed by atoms with Gasteiger partial charge in [0.2, 0.25) is 0 Å². The van der Waals surface area contributed by atoms with Crippen molar-refractivity contribution in [2.75, 3.05) is 0 Å². The van der Waals surface area contributed by atoms with E-state index in [0.717, 1.165) is 17.2 Å². The number of nitrogens with zero attached hydrogens (tertiary/aromatic N) is 2. The monoisotopic (exact) mass is 366 g/mol. The van der Waals surface area contributed by atoms with E-state index in [0.29, 0.717) is 22.2 Å². The molecule has 2 nitrogen and oxygen atoms in total. The molecule has 2 heterocycles. The Balaban J connectivity index is 2.06. The minimum absolute atomic E-state index is 0.221. The van der Waals surface area contributed by atoms with Crippen LogP contribution in [0.1, 0.15) is 5.56 Å². The summed E-state index contributed by atoms with van der Waals surface area (Å²) in [5, 5.41) is 0.923. The van der Waals surface area contributed by atoms with Crippen LogP contribution in [-0.4, -0.2) is 9.97 Å². The van der Waals surface area contributed by atoms with Crippen LogP contribution >= 0.6 is 11.6 Å². The number of pyridine rings is 2. The molecule has 0 aliphatic rings. The zero-order chi connectivity index (χ0) is 18.3.